The third-order valence-electron chi connectivity index (χ3n) is 5.63. The second kappa shape index (κ2) is 9.88. The van der Waals surface area contributed by atoms with E-state index in [1.165, 1.54) is 5.56 Å². The molecule has 5 heteroatoms. The molecule has 0 saturated heterocycles. The van der Waals surface area contributed by atoms with E-state index >= 15 is 0 Å². The lowest BCUT2D eigenvalue weighted by Crippen LogP contribution is -2.31. The largest absolute Gasteiger partial charge is 0.454 e. The number of hydrogen-bond acceptors (Lipinski definition) is 3. The van der Waals surface area contributed by atoms with Crippen LogP contribution in [0.1, 0.15) is 42.4 Å². The van der Waals surface area contributed by atoms with Crippen LogP contribution in [0, 0.1) is 0 Å². The van der Waals surface area contributed by atoms with Gasteiger partial charge in [0.25, 0.3) is 0 Å². The zero-order valence-electron chi connectivity index (χ0n) is 17.6. The van der Waals surface area contributed by atoms with Gasteiger partial charge in [0, 0.05) is 30.5 Å². The van der Waals surface area contributed by atoms with Crippen LogP contribution in [0.25, 0.3) is 0 Å². The van der Waals surface area contributed by atoms with Gasteiger partial charge in [0.05, 0.1) is 0 Å². The van der Waals surface area contributed by atoms with Gasteiger partial charge in [0.1, 0.15) is 0 Å². The van der Waals surface area contributed by atoms with E-state index in [0.717, 1.165) is 29.0 Å². The molecule has 31 heavy (non-hydrogen) atoms. The summed E-state index contributed by atoms with van der Waals surface area (Å²) in [6.07, 6.45) is 1.29. The number of benzene rings is 3. The van der Waals surface area contributed by atoms with Crippen LogP contribution < -0.4 is 9.47 Å². The molecule has 1 atom stereocenters. The Bertz CT molecular complexity index is 1020. The fourth-order valence-corrected chi connectivity index (χ4v) is 4.08. The second-order valence-corrected chi connectivity index (χ2v) is 8.10. The Morgan fingerprint density at radius 2 is 1.71 bits per heavy atom. The molecule has 1 heterocycles. The number of halogens is 1. The molecule has 0 aromatic heterocycles. The van der Waals surface area contributed by atoms with Gasteiger partial charge in [-0.2, -0.15) is 0 Å². The standard InChI is InChI=1S/C26H26ClNO3/c1-2-26(29)28(17-19-8-11-22(27)12-9-19)15-14-23(20-6-4-3-5-7-20)21-10-13-24-25(16-21)31-18-30-24/h3-13,16,23H,2,14-15,17-18H2,1H3. The Kier molecular flexibility index (Phi) is 6.78. The van der Waals surface area contributed by atoms with Crippen molar-refractivity contribution in [3.05, 3.63) is 94.5 Å². The number of rotatable bonds is 8. The summed E-state index contributed by atoms with van der Waals surface area (Å²) in [5.41, 5.74) is 3.45. The van der Waals surface area contributed by atoms with E-state index in [-0.39, 0.29) is 18.6 Å². The van der Waals surface area contributed by atoms with Gasteiger partial charge in [0.2, 0.25) is 12.7 Å². The van der Waals surface area contributed by atoms with E-state index in [0.29, 0.717) is 24.5 Å². The van der Waals surface area contributed by atoms with E-state index in [9.17, 15) is 4.79 Å². The van der Waals surface area contributed by atoms with Crippen molar-refractivity contribution in [1.29, 1.82) is 0 Å². The van der Waals surface area contributed by atoms with Crippen LogP contribution in [0.5, 0.6) is 11.5 Å². The lowest BCUT2D eigenvalue weighted by atomic mass is 9.88. The van der Waals surface area contributed by atoms with Gasteiger partial charge >= 0.3 is 0 Å². The van der Waals surface area contributed by atoms with Crippen LogP contribution in [-0.4, -0.2) is 24.1 Å². The highest BCUT2D eigenvalue weighted by molar-refractivity contribution is 6.30. The van der Waals surface area contributed by atoms with Gasteiger partial charge in [-0.25, -0.2) is 0 Å². The summed E-state index contributed by atoms with van der Waals surface area (Å²) >= 11 is 6.02. The molecule has 0 saturated carbocycles. The second-order valence-electron chi connectivity index (χ2n) is 7.66. The Morgan fingerprint density at radius 1 is 0.968 bits per heavy atom. The van der Waals surface area contributed by atoms with Crippen LogP contribution in [-0.2, 0) is 11.3 Å². The highest BCUT2D eigenvalue weighted by atomic mass is 35.5. The Balaban J connectivity index is 1.56. The predicted molar refractivity (Wildman–Crippen MR) is 123 cm³/mol. The molecule has 1 amide bonds. The SMILES string of the molecule is CCC(=O)N(CCC(c1ccccc1)c1ccc2c(c1)OCO2)Cc1ccc(Cl)cc1. The maximum absolute atomic E-state index is 12.7. The maximum Gasteiger partial charge on any atom is 0.231 e. The smallest absolute Gasteiger partial charge is 0.231 e. The Hall–Kier alpha value is -2.98. The zero-order chi connectivity index (χ0) is 21.6. The fourth-order valence-electron chi connectivity index (χ4n) is 3.95. The van der Waals surface area contributed by atoms with E-state index in [1.807, 2.05) is 48.2 Å². The number of fused-ring (bicyclic) bond motifs is 1. The van der Waals surface area contributed by atoms with Gasteiger partial charge in [-0.3, -0.25) is 4.79 Å². The van der Waals surface area contributed by atoms with Crippen molar-refractivity contribution in [2.45, 2.75) is 32.2 Å². The third kappa shape index (κ3) is 5.20. The van der Waals surface area contributed by atoms with Crippen molar-refractivity contribution >= 4 is 17.5 Å². The first-order chi connectivity index (χ1) is 15.1. The first-order valence-corrected chi connectivity index (χ1v) is 11.0. The van der Waals surface area contributed by atoms with Gasteiger partial charge < -0.3 is 14.4 Å². The molecule has 0 fully saturated rings. The molecule has 1 unspecified atom stereocenters. The van der Waals surface area contributed by atoms with Crippen molar-refractivity contribution in [2.75, 3.05) is 13.3 Å². The van der Waals surface area contributed by atoms with Gasteiger partial charge in [-0.05, 0) is 47.4 Å². The summed E-state index contributed by atoms with van der Waals surface area (Å²) in [5, 5.41) is 0.698. The van der Waals surface area contributed by atoms with Crippen molar-refractivity contribution < 1.29 is 14.3 Å². The molecule has 0 radical (unpaired) electrons. The number of carbonyl (C=O) groups excluding carboxylic acids is 1. The van der Waals surface area contributed by atoms with Gasteiger partial charge in [-0.15, -0.1) is 0 Å². The summed E-state index contributed by atoms with van der Waals surface area (Å²) in [4.78, 5) is 14.6. The number of amides is 1. The summed E-state index contributed by atoms with van der Waals surface area (Å²) in [6, 6.07) is 24.2. The van der Waals surface area contributed by atoms with Crippen molar-refractivity contribution in [2.24, 2.45) is 0 Å². The van der Waals surface area contributed by atoms with Crippen LogP contribution >= 0.6 is 11.6 Å². The van der Waals surface area contributed by atoms with E-state index in [1.54, 1.807) is 0 Å². The minimum atomic E-state index is 0.146. The molecule has 0 spiro atoms. The number of carbonyl (C=O) groups is 1. The molecule has 3 aromatic rings. The summed E-state index contributed by atoms with van der Waals surface area (Å²) in [7, 11) is 0. The molecule has 0 N–H and O–H groups in total. The zero-order valence-corrected chi connectivity index (χ0v) is 18.3. The number of ether oxygens (including phenoxy) is 2. The molecule has 0 aliphatic carbocycles. The normalized spacial score (nSPS) is 13.1. The minimum Gasteiger partial charge on any atom is -0.454 e. The van der Waals surface area contributed by atoms with E-state index in [4.69, 9.17) is 21.1 Å². The Morgan fingerprint density at radius 3 is 2.45 bits per heavy atom. The third-order valence-corrected chi connectivity index (χ3v) is 5.88. The number of hydrogen-bond donors (Lipinski definition) is 0. The molecular weight excluding hydrogens is 410 g/mol. The molecule has 1 aliphatic heterocycles. The lowest BCUT2D eigenvalue weighted by Gasteiger charge is -2.26. The quantitative estimate of drug-likeness (QED) is 0.433. The monoisotopic (exact) mass is 435 g/mol. The van der Waals surface area contributed by atoms with Crippen molar-refractivity contribution in [3.8, 4) is 11.5 Å². The summed E-state index contributed by atoms with van der Waals surface area (Å²) in [5.74, 6) is 1.85. The molecular formula is C26H26ClNO3. The van der Waals surface area contributed by atoms with E-state index in [2.05, 4.69) is 36.4 Å². The topological polar surface area (TPSA) is 38.8 Å². The Labute approximate surface area is 188 Å². The molecule has 3 aromatic carbocycles. The maximum atomic E-state index is 12.7. The highest BCUT2D eigenvalue weighted by Crippen LogP contribution is 2.37. The fraction of sp³-hybridized carbons (Fsp3) is 0.269. The predicted octanol–water partition coefficient (Wildman–Crippen LogP) is 6.03. The molecule has 1 aliphatic rings. The van der Waals surface area contributed by atoms with Gasteiger partial charge in [-0.1, -0.05) is 67.1 Å². The first-order valence-electron chi connectivity index (χ1n) is 10.6. The average molecular weight is 436 g/mol. The van der Waals surface area contributed by atoms with Crippen molar-refractivity contribution in [3.63, 3.8) is 0 Å². The molecule has 160 valence electrons. The van der Waals surface area contributed by atoms with Crippen molar-refractivity contribution in [1.82, 2.24) is 4.90 Å². The summed E-state index contributed by atoms with van der Waals surface area (Å²) < 4.78 is 11.1. The first kappa shape index (κ1) is 21.3. The summed E-state index contributed by atoms with van der Waals surface area (Å²) in [6.45, 7) is 3.40. The average Bonchev–Trinajstić information content (AvgIpc) is 3.28. The molecule has 4 nitrogen and oxygen atoms in total. The molecule has 4 rings (SSSR count). The lowest BCUT2D eigenvalue weighted by molar-refractivity contribution is -0.131. The van der Waals surface area contributed by atoms with Crippen LogP contribution in [0.2, 0.25) is 5.02 Å². The number of nitrogens with zero attached hydrogens (tertiary/aromatic N) is 1. The minimum absolute atomic E-state index is 0.146. The molecule has 0 bridgehead atoms. The van der Waals surface area contributed by atoms with Gasteiger partial charge in [0.15, 0.2) is 11.5 Å². The van der Waals surface area contributed by atoms with Crippen LogP contribution in [0.15, 0.2) is 72.8 Å². The van der Waals surface area contributed by atoms with Crippen LogP contribution in [0.4, 0.5) is 0 Å². The van der Waals surface area contributed by atoms with E-state index < -0.39 is 0 Å². The highest BCUT2D eigenvalue weighted by Gasteiger charge is 2.21. The van der Waals surface area contributed by atoms with Crippen LogP contribution in [0.3, 0.4) is 0 Å².